The topological polar surface area (TPSA) is 43.1 Å². The van der Waals surface area contributed by atoms with Gasteiger partial charge in [-0.25, -0.2) is 0 Å². The Balaban J connectivity index is 0.000000232. The second-order valence-corrected chi connectivity index (χ2v) is 4.53. The molecule has 0 spiro atoms. The third kappa shape index (κ3) is 5.21. The number of nitrogens with two attached hydrogens (primary N) is 1. The number of benzene rings is 2. The van der Waals surface area contributed by atoms with Gasteiger partial charge in [-0.1, -0.05) is 83.9 Å². The van der Waals surface area contributed by atoms with Crippen molar-refractivity contribution in [2.24, 2.45) is 5.73 Å². The van der Waals surface area contributed by atoms with Gasteiger partial charge in [0.2, 0.25) is 0 Å². The Hall–Kier alpha value is -1.51. The van der Waals surface area contributed by atoms with Crippen molar-refractivity contribution in [1.82, 2.24) is 0 Å². The molecule has 0 saturated heterocycles. The van der Waals surface area contributed by atoms with Crippen LogP contribution in [0.2, 0.25) is 0 Å². The summed E-state index contributed by atoms with van der Waals surface area (Å²) >= 11 is 9.81. The molecule has 0 atom stereocenters. The summed E-state index contributed by atoms with van der Waals surface area (Å²) in [5.41, 5.74) is 7.08. The number of primary amides is 1. The van der Waals surface area contributed by atoms with Gasteiger partial charge in [0, 0.05) is 0 Å². The maximum atomic E-state index is 9.66. The number of halogens is 2. The highest BCUT2D eigenvalue weighted by atomic mass is 35.5. The van der Waals surface area contributed by atoms with Gasteiger partial charge in [0.1, 0.15) is 0 Å². The average Bonchev–Trinajstić information content (AvgIpc) is 2.41. The summed E-state index contributed by atoms with van der Waals surface area (Å²) in [7, 11) is 0. The maximum absolute atomic E-state index is 9.66. The SMILES string of the molecule is NC(=O)C(Cl)Cl.c1ccc(-c2ccccc2)cc1. The first-order chi connectivity index (χ1) is 8.61. The van der Waals surface area contributed by atoms with E-state index in [1.54, 1.807) is 0 Å². The van der Waals surface area contributed by atoms with Crippen LogP contribution in [0.3, 0.4) is 0 Å². The standard InChI is InChI=1S/C12H10.C2H3Cl2NO/c1-3-7-11(8-4-1)12-9-5-2-6-10-12;3-1(4)2(5)6/h1-10H;1H,(H2,5,6). The summed E-state index contributed by atoms with van der Waals surface area (Å²) in [6, 6.07) is 20.8. The zero-order valence-electron chi connectivity index (χ0n) is 9.59. The van der Waals surface area contributed by atoms with Crippen molar-refractivity contribution < 1.29 is 4.79 Å². The van der Waals surface area contributed by atoms with Crippen molar-refractivity contribution in [1.29, 1.82) is 0 Å². The van der Waals surface area contributed by atoms with Crippen LogP contribution in [0.15, 0.2) is 60.7 Å². The summed E-state index contributed by atoms with van der Waals surface area (Å²) in [4.78, 5) is 8.59. The first kappa shape index (κ1) is 14.6. The lowest BCUT2D eigenvalue weighted by atomic mass is 10.1. The van der Waals surface area contributed by atoms with Crippen LogP contribution in [0.1, 0.15) is 0 Å². The van der Waals surface area contributed by atoms with Crippen LogP contribution in [-0.4, -0.2) is 10.7 Å². The third-order valence-corrected chi connectivity index (χ3v) is 2.53. The number of amides is 1. The molecule has 0 aliphatic rings. The third-order valence-electron chi connectivity index (χ3n) is 2.10. The van der Waals surface area contributed by atoms with Gasteiger partial charge < -0.3 is 5.73 Å². The van der Waals surface area contributed by atoms with E-state index in [-0.39, 0.29) is 0 Å². The molecule has 18 heavy (non-hydrogen) atoms. The summed E-state index contributed by atoms with van der Waals surface area (Å²) in [5, 5.41) is 0. The van der Waals surface area contributed by atoms with Crippen LogP contribution in [0.5, 0.6) is 0 Å². The number of carbonyl (C=O) groups excluding carboxylic acids is 1. The van der Waals surface area contributed by atoms with Gasteiger partial charge in [0.05, 0.1) is 0 Å². The molecule has 0 heterocycles. The van der Waals surface area contributed by atoms with Crippen molar-refractivity contribution in [3.8, 4) is 11.1 Å². The molecule has 4 heteroatoms. The molecule has 0 bridgehead atoms. The molecule has 2 nitrogen and oxygen atoms in total. The molecular formula is C14H13Cl2NO. The van der Waals surface area contributed by atoms with Gasteiger partial charge in [-0.3, -0.25) is 4.79 Å². The van der Waals surface area contributed by atoms with Crippen molar-refractivity contribution >= 4 is 29.1 Å². The summed E-state index contributed by atoms with van der Waals surface area (Å²) < 4.78 is 0. The molecule has 2 rings (SSSR count). The maximum Gasteiger partial charge on any atom is 0.250 e. The van der Waals surface area contributed by atoms with E-state index in [0.29, 0.717) is 0 Å². The molecule has 0 aliphatic heterocycles. The van der Waals surface area contributed by atoms with Crippen LogP contribution in [0.4, 0.5) is 0 Å². The molecular weight excluding hydrogens is 269 g/mol. The molecule has 0 radical (unpaired) electrons. The second kappa shape index (κ2) is 7.75. The first-order valence-corrected chi connectivity index (χ1v) is 6.16. The molecule has 2 N–H and O–H groups in total. The van der Waals surface area contributed by atoms with Crippen LogP contribution < -0.4 is 5.73 Å². The molecule has 1 amide bonds. The largest absolute Gasteiger partial charge is 0.367 e. The van der Waals surface area contributed by atoms with Gasteiger partial charge in [-0.05, 0) is 11.1 Å². The Labute approximate surface area is 116 Å². The van der Waals surface area contributed by atoms with Gasteiger partial charge in [-0.2, -0.15) is 0 Å². The lowest BCUT2D eigenvalue weighted by molar-refractivity contribution is -0.116. The van der Waals surface area contributed by atoms with E-state index >= 15 is 0 Å². The van der Waals surface area contributed by atoms with Crippen LogP contribution >= 0.6 is 23.2 Å². The number of carbonyl (C=O) groups is 1. The molecule has 0 aliphatic carbocycles. The lowest BCUT2D eigenvalue weighted by Gasteiger charge is -1.98. The zero-order chi connectivity index (χ0) is 13.4. The van der Waals surface area contributed by atoms with E-state index in [4.69, 9.17) is 23.2 Å². The predicted molar refractivity (Wildman–Crippen MR) is 76.6 cm³/mol. The minimum atomic E-state index is -1.06. The van der Waals surface area contributed by atoms with E-state index in [1.165, 1.54) is 11.1 Å². The zero-order valence-corrected chi connectivity index (χ0v) is 11.1. The van der Waals surface area contributed by atoms with Crippen LogP contribution in [0, 0.1) is 0 Å². The van der Waals surface area contributed by atoms with E-state index in [0.717, 1.165) is 0 Å². The highest BCUT2D eigenvalue weighted by Gasteiger charge is 2.02. The average molecular weight is 282 g/mol. The van der Waals surface area contributed by atoms with Gasteiger partial charge in [-0.15, -0.1) is 0 Å². The second-order valence-electron chi connectivity index (χ2n) is 3.44. The lowest BCUT2D eigenvalue weighted by Crippen LogP contribution is -2.17. The van der Waals surface area contributed by atoms with Crippen molar-refractivity contribution in [3.63, 3.8) is 0 Å². The molecule has 2 aromatic rings. The fourth-order valence-electron chi connectivity index (χ4n) is 1.26. The van der Waals surface area contributed by atoms with Crippen molar-refractivity contribution in [2.45, 2.75) is 4.84 Å². The Morgan fingerprint density at radius 2 is 1.11 bits per heavy atom. The highest BCUT2D eigenvalue weighted by Crippen LogP contribution is 2.17. The monoisotopic (exact) mass is 281 g/mol. The molecule has 0 saturated carbocycles. The number of hydrogen-bond donors (Lipinski definition) is 1. The van der Waals surface area contributed by atoms with Gasteiger partial charge >= 0.3 is 0 Å². The Kier molecular flexibility index (Phi) is 6.26. The predicted octanol–water partition coefficient (Wildman–Crippen LogP) is 3.63. The first-order valence-electron chi connectivity index (χ1n) is 5.29. The van der Waals surface area contributed by atoms with Gasteiger partial charge in [0.15, 0.2) is 4.84 Å². The Bertz CT molecular complexity index is 434. The molecule has 0 unspecified atom stereocenters. The number of rotatable bonds is 2. The fraction of sp³-hybridized carbons (Fsp3) is 0.0714. The van der Waals surface area contributed by atoms with E-state index in [2.05, 4.69) is 54.3 Å². The normalized spacial score (nSPS) is 9.50. The fourth-order valence-corrected chi connectivity index (χ4v) is 1.26. The summed E-state index contributed by atoms with van der Waals surface area (Å²) in [6.07, 6.45) is 0. The van der Waals surface area contributed by atoms with Crippen LogP contribution in [0.25, 0.3) is 11.1 Å². The Morgan fingerprint density at radius 3 is 1.33 bits per heavy atom. The number of alkyl halides is 2. The van der Waals surface area contributed by atoms with E-state index in [1.807, 2.05) is 12.1 Å². The minimum Gasteiger partial charge on any atom is -0.367 e. The van der Waals surface area contributed by atoms with Gasteiger partial charge in [0.25, 0.3) is 5.91 Å². The molecule has 2 aromatic carbocycles. The highest BCUT2D eigenvalue weighted by molar-refractivity contribution is 6.53. The Morgan fingerprint density at radius 1 is 0.833 bits per heavy atom. The summed E-state index contributed by atoms with van der Waals surface area (Å²) in [6.45, 7) is 0. The quantitative estimate of drug-likeness (QED) is 0.840. The minimum absolute atomic E-state index is 0.710. The molecule has 0 fully saturated rings. The molecule has 0 aromatic heterocycles. The number of hydrogen-bond acceptors (Lipinski definition) is 1. The molecule has 94 valence electrons. The van der Waals surface area contributed by atoms with E-state index in [9.17, 15) is 4.79 Å². The summed E-state index contributed by atoms with van der Waals surface area (Å²) in [5.74, 6) is -0.710. The van der Waals surface area contributed by atoms with E-state index < -0.39 is 10.7 Å². The van der Waals surface area contributed by atoms with Crippen LogP contribution in [-0.2, 0) is 4.79 Å². The van der Waals surface area contributed by atoms with Crippen molar-refractivity contribution in [3.05, 3.63) is 60.7 Å². The van der Waals surface area contributed by atoms with Crippen molar-refractivity contribution in [2.75, 3.05) is 0 Å². The smallest absolute Gasteiger partial charge is 0.250 e.